The molecule has 18 heavy (non-hydrogen) atoms. The molecule has 0 bridgehead atoms. The lowest BCUT2D eigenvalue weighted by atomic mass is 10.0. The highest BCUT2D eigenvalue weighted by molar-refractivity contribution is 5.76. The highest BCUT2D eigenvalue weighted by Gasteiger charge is 2.11. The van der Waals surface area contributed by atoms with Gasteiger partial charge in [-0.2, -0.15) is 4.98 Å². The van der Waals surface area contributed by atoms with E-state index in [4.69, 9.17) is 5.73 Å². The number of nitrogens with two attached hydrogens (primary N) is 1. The molecule has 0 fully saturated rings. The molecule has 0 saturated carbocycles. The van der Waals surface area contributed by atoms with Crippen LogP contribution in [0.15, 0.2) is 29.1 Å². The van der Waals surface area contributed by atoms with E-state index in [1.807, 2.05) is 0 Å². The summed E-state index contributed by atoms with van der Waals surface area (Å²) >= 11 is 0. The maximum Gasteiger partial charge on any atom is 0.347 e. The first-order chi connectivity index (χ1) is 8.49. The van der Waals surface area contributed by atoms with Crippen LogP contribution in [0.1, 0.15) is 5.69 Å². The standard InChI is InChI=1S/C11H10N4O3/c1-6-9(10(12)14-11(16)13-6)7-2-4-8(5-3-7)15(17)18/h2-5H,1H3,(H3,12,13,14,16). The summed E-state index contributed by atoms with van der Waals surface area (Å²) in [7, 11) is 0. The van der Waals surface area contributed by atoms with E-state index in [0.29, 0.717) is 16.8 Å². The van der Waals surface area contributed by atoms with Gasteiger partial charge in [-0.25, -0.2) is 4.79 Å². The zero-order valence-electron chi connectivity index (χ0n) is 9.51. The third kappa shape index (κ3) is 2.05. The van der Waals surface area contributed by atoms with E-state index in [1.165, 1.54) is 12.1 Å². The number of hydrogen-bond donors (Lipinski definition) is 2. The van der Waals surface area contributed by atoms with Gasteiger partial charge in [-0.1, -0.05) is 0 Å². The van der Waals surface area contributed by atoms with Crippen LogP contribution in [0.5, 0.6) is 0 Å². The molecule has 0 aliphatic rings. The second kappa shape index (κ2) is 4.28. The van der Waals surface area contributed by atoms with Gasteiger partial charge in [0.2, 0.25) is 0 Å². The molecule has 0 aliphatic heterocycles. The lowest BCUT2D eigenvalue weighted by molar-refractivity contribution is -0.384. The first-order valence-corrected chi connectivity index (χ1v) is 5.10. The van der Waals surface area contributed by atoms with E-state index < -0.39 is 10.6 Å². The lowest BCUT2D eigenvalue weighted by Gasteiger charge is -2.07. The minimum atomic E-state index is -0.518. The maximum absolute atomic E-state index is 11.1. The molecule has 7 heteroatoms. The summed E-state index contributed by atoms with van der Waals surface area (Å²) in [5, 5.41) is 10.5. The number of nitro benzene ring substituents is 1. The molecule has 0 spiro atoms. The first-order valence-electron chi connectivity index (χ1n) is 5.10. The van der Waals surface area contributed by atoms with Crippen LogP contribution in [0.25, 0.3) is 11.1 Å². The molecular formula is C11H10N4O3. The van der Waals surface area contributed by atoms with E-state index in [2.05, 4.69) is 9.97 Å². The van der Waals surface area contributed by atoms with Crippen LogP contribution in [-0.2, 0) is 0 Å². The van der Waals surface area contributed by atoms with Gasteiger partial charge in [0.15, 0.2) is 0 Å². The van der Waals surface area contributed by atoms with Gasteiger partial charge in [-0.05, 0) is 24.6 Å². The van der Waals surface area contributed by atoms with Crippen LogP contribution in [0.2, 0.25) is 0 Å². The third-order valence-electron chi connectivity index (χ3n) is 2.51. The van der Waals surface area contributed by atoms with Gasteiger partial charge in [-0.15, -0.1) is 0 Å². The van der Waals surface area contributed by atoms with Crippen LogP contribution in [0.4, 0.5) is 11.5 Å². The van der Waals surface area contributed by atoms with Crippen LogP contribution >= 0.6 is 0 Å². The number of hydrogen-bond acceptors (Lipinski definition) is 5. The maximum atomic E-state index is 11.1. The second-order valence-electron chi connectivity index (χ2n) is 3.73. The number of anilines is 1. The molecule has 2 aromatic rings. The number of rotatable bonds is 2. The van der Waals surface area contributed by atoms with Gasteiger partial charge in [0.1, 0.15) is 5.82 Å². The van der Waals surface area contributed by atoms with Crippen molar-refractivity contribution in [1.29, 1.82) is 0 Å². The smallest absolute Gasteiger partial charge is 0.347 e. The number of nitro groups is 1. The average molecular weight is 246 g/mol. The molecule has 0 aliphatic carbocycles. The molecule has 1 aromatic carbocycles. The summed E-state index contributed by atoms with van der Waals surface area (Å²) in [5.74, 6) is 0.102. The van der Waals surface area contributed by atoms with Crippen molar-refractivity contribution in [2.75, 3.05) is 5.73 Å². The fourth-order valence-electron chi connectivity index (χ4n) is 1.72. The van der Waals surface area contributed by atoms with E-state index >= 15 is 0 Å². The molecule has 3 N–H and O–H groups in total. The molecule has 92 valence electrons. The quantitative estimate of drug-likeness (QED) is 0.610. The van der Waals surface area contributed by atoms with Crippen LogP contribution in [-0.4, -0.2) is 14.9 Å². The summed E-state index contributed by atoms with van der Waals surface area (Å²) in [6.07, 6.45) is 0. The van der Waals surface area contributed by atoms with Gasteiger partial charge >= 0.3 is 5.69 Å². The summed E-state index contributed by atoms with van der Waals surface area (Å²) in [6, 6.07) is 5.88. The Bertz CT molecular complexity index is 635. The summed E-state index contributed by atoms with van der Waals surface area (Å²) in [4.78, 5) is 27.3. The Hall–Kier alpha value is -2.70. The average Bonchev–Trinajstić information content (AvgIpc) is 2.28. The van der Waals surface area contributed by atoms with Crippen molar-refractivity contribution in [2.45, 2.75) is 6.92 Å². The largest absolute Gasteiger partial charge is 0.383 e. The van der Waals surface area contributed by atoms with Crippen molar-refractivity contribution in [1.82, 2.24) is 9.97 Å². The number of non-ortho nitro benzene ring substituents is 1. The molecule has 1 heterocycles. The van der Waals surface area contributed by atoms with Gasteiger partial charge in [0, 0.05) is 23.4 Å². The zero-order chi connectivity index (χ0) is 13.3. The van der Waals surface area contributed by atoms with Crippen molar-refractivity contribution < 1.29 is 4.92 Å². The number of aryl methyl sites for hydroxylation is 1. The Morgan fingerprint density at radius 3 is 2.44 bits per heavy atom. The van der Waals surface area contributed by atoms with E-state index in [-0.39, 0.29) is 11.5 Å². The van der Waals surface area contributed by atoms with E-state index in [0.717, 1.165) is 0 Å². The SMILES string of the molecule is Cc1[nH]c(=O)nc(N)c1-c1ccc([N+](=O)[O-])cc1. The van der Waals surface area contributed by atoms with Crippen LogP contribution in [0.3, 0.4) is 0 Å². The Labute approximate surface area is 101 Å². The number of nitrogens with one attached hydrogen (secondary N) is 1. The number of H-pyrrole nitrogens is 1. The molecule has 0 radical (unpaired) electrons. The van der Waals surface area contributed by atoms with Gasteiger partial charge in [-0.3, -0.25) is 10.1 Å². The van der Waals surface area contributed by atoms with Crippen molar-refractivity contribution in [3.05, 3.63) is 50.6 Å². The number of aromatic nitrogens is 2. The molecule has 0 amide bonds. The van der Waals surface area contributed by atoms with Gasteiger partial charge in [0.25, 0.3) is 5.69 Å². The summed E-state index contributed by atoms with van der Waals surface area (Å²) in [5.41, 5.74) is 6.97. The molecule has 7 nitrogen and oxygen atoms in total. The molecule has 1 aromatic heterocycles. The van der Waals surface area contributed by atoms with E-state index in [1.54, 1.807) is 19.1 Å². The van der Waals surface area contributed by atoms with Gasteiger partial charge in [0.05, 0.1) is 4.92 Å². The Balaban J connectivity index is 2.56. The number of nitrogen functional groups attached to an aromatic ring is 1. The Morgan fingerprint density at radius 2 is 1.94 bits per heavy atom. The summed E-state index contributed by atoms with van der Waals surface area (Å²) in [6.45, 7) is 1.69. The summed E-state index contributed by atoms with van der Waals surface area (Å²) < 4.78 is 0. The Kier molecular flexibility index (Phi) is 2.80. The minimum absolute atomic E-state index is 0.00708. The number of aromatic amines is 1. The third-order valence-corrected chi connectivity index (χ3v) is 2.51. The molecule has 2 rings (SSSR count). The molecular weight excluding hydrogens is 236 g/mol. The highest BCUT2D eigenvalue weighted by Crippen LogP contribution is 2.27. The molecule has 0 saturated heterocycles. The second-order valence-corrected chi connectivity index (χ2v) is 3.73. The predicted molar refractivity (Wildman–Crippen MR) is 66.1 cm³/mol. The normalized spacial score (nSPS) is 10.3. The lowest BCUT2D eigenvalue weighted by Crippen LogP contribution is -2.15. The van der Waals surface area contributed by atoms with E-state index in [9.17, 15) is 14.9 Å². The fraction of sp³-hybridized carbons (Fsp3) is 0.0909. The molecule has 0 unspecified atom stereocenters. The number of nitrogens with zero attached hydrogens (tertiary/aromatic N) is 2. The highest BCUT2D eigenvalue weighted by atomic mass is 16.6. The van der Waals surface area contributed by atoms with Crippen LogP contribution in [0, 0.1) is 17.0 Å². The minimum Gasteiger partial charge on any atom is -0.383 e. The van der Waals surface area contributed by atoms with Gasteiger partial charge < -0.3 is 10.7 Å². The topological polar surface area (TPSA) is 115 Å². The van der Waals surface area contributed by atoms with Crippen molar-refractivity contribution in [3.8, 4) is 11.1 Å². The first kappa shape index (κ1) is 11.8. The fourth-order valence-corrected chi connectivity index (χ4v) is 1.72. The van der Waals surface area contributed by atoms with Crippen LogP contribution < -0.4 is 11.4 Å². The predicted octanol–water partition coefficient (Wildman–Crippen LogP) is 1.24. The van der Waals surface area contributed by atoms with Crippen molar-refractivity contribution in [2.24, 2.45) is 0 Å². The Morgan fingerprint density at radius 1 is 1.33 bits per heavy atom. The monoisotopic (exact) mass is 246 g/mol. The number of benzene rings is 1. The van der Waals surface area contributed by atoms with Crippen molar-refractivity contribution in [3.63, 3.8) is 0 Å². The van der Waals surface area contributed by atoms with Crippen molar-refractivity contribution >= 4 is 11.5 Å². The zero-order valence-corrected chi connectivity index (χ0v) is 9.51. The molecule has 0 atom stereocenters.